The maximum absolute atomic E-state index is 13.2. The monoisotopic (exact) mass is 509 g/mol. The molecule has 2 saturated heterocycles. The van der Waals surface area contributed by atoms with Gasteiger partial charge in [0.2, 0.25) is 5.91 Å². The van der Waals surface area contributed by atoms with E-state index in [-0.39, 0.29) is 11.8 Å². The molecule has 0 N–H and O–H groups in total. The van der Waals surface area contributed by atoms with E-state index < -0.39 is 6.10 Å². The molecule has 0 radical (unpaired) electrons. The lowest BCUT2D eigenvalue weighted by molar-refractivity contribution is -0.138. The molecule has 3 aromatic rings. The fraction of sp³-hybridized carbons (Fsp3) is 0.444. The van der Waals surface area contributed by atoms with Gasteiger partial charge < -0.3 is 14.5 Å². The van der Waals surface area contributed by atoms with Crippen LogP contribution >= 0.6 is 22.9 Å². The number of piperidine rings is 1. The second-order valence-corrected chi connectivity index (χ2v) is 11.6. The highest BCUT2D eigenvalue weighted by molar-refractivity contribution is 7.19. The lowest BCUT2D eigenvalue weighted by atomic mass is 10.0. The van der Waals surface area contributed by atoms with E-state index >= 15 is 0 Å². The number of benzene rings is 1. The first-order valence-electron chi connectivity index (χ1n) is 12.4. The molecule has 3 aliphatic heterocycles. The summed E-state index contributed by atoms with van der Waals surface area (Å²) in [4.78, 5) is 35.0. The van der Waals surface area contributed by atoms with Crippen molar-refractivity contribution in [2.24, 2.45) is 5.92 Å². The van der Waals surface area contributed by atoms with Crippen molar-refractivity contribution in [3.8, 4) is 16.9 Å². The number of fused-ring (bicyclic) bond motifs is 2. The average Bonchev–Trinajstić information content (AvgIpc) is 3.54. The van der Waals surface area contributed by atoms with Gasteiger partial charge in [-0.05, 0) is 49.4 Å². The number of halogens is 1. The first-order chi connectivity index (χ1) is 17.0. The Bertz CT molecular complexity index is 1320. The summed E-state index contributed by atoms with van der Waals surface area (Å²) in [5.74, 6) is 1.44. The molecule has 0 spiro atoms. The van der Waals surface area contributed by atoms with Crippen LogP contribution < -0.4 is 4.74 Å². The number of hydrogen-bond donors (Lipinski definition) is 0. The summed E-state index contributed by atoms with van der Waals surface area (Å²) in [5, 5.41) is 0.631. The standard InChI is InChI=1S/C27H28ClN3O3S/c1-16-9-24(32)31(14-16)15-19-13-22-26(35-19)20(5-6-29-22)21-12-18(28)10-17-11-23(34-25(17)21)27(33)30-7-3-2-4-8-30/h5-6,10,12-13,16,23H,2-4,7-9,11,14-15H2,1H3. The molecule has 2 unspecified atom stereocenters. The highest BCUT2D eigenvalue weighted by Gasteiger charge is 2.35. The molecular formula is C27H28ClN3O3S. The van der Waals surface area contributed by atoms with E-state index in [0.29, 0.717) is 30.3 Å². The van der Waals surface area contributed by atoms with Gasteiger partial charge in [-0.15, -0.1) is 11.3 Å². The topological polar surface area (TPSA) is 62.7 Å². The molecule has 2 atom stereocenters. The van der Waals surface area contributed by atoms with E-state index in [9.17, 15) is 9.59 Å². The molecule has 1 aromatic carbocycles. The minimum atomic E-state index is -0.500. The molecule has 3 aliphatic rings. The van der Waals surface area contributed by atoms with Gasteiger partial charge in [0.1, 0.15) is 5.75 Å². The van der Waals surface area contributed by atoms with Crippen molar-refractivity contribution in [1.82, 2.24) is 14.8 Å². The van der Waals surface area contributed by atoms with Gasteiger partial charge in [0.05, 0.1) is 16.8 Å². The van der Waals surface area contributed by atoms with Gasteiger partial charge in [-0.25, -0.2) is 0 Å². The fourth-order valence-corrected chi connectivity index (χ4v) is 6.97. The van der Waals surface area contributed by atoms with Gasteiger partial charge in [0, 0.05) is 65.3 Å². The summed E-state index contributed by atoms with van der Waals surface area (Å²) in [5.41, 5.74) is 3.77. The number of nitrogens with zero attached hydrogens (tertiary/aromatic N) is 3. The van der Waals surface area contributed by atoms with E-state index in [2.05, 4.69) is 18.0 Å². The van der Waals surface area contributed by atoms with Crippen molar-refractivity contribution in [3.63, 3.8) is 0 Å². The van der Waals surface area contributed by atoms with Crippen molar-refractivity contribution in [2.45, 2.75) is 51.7 Å². The van der Waals surface area contributed by atoms with Crippen molar-refractivity contribution in [2.75, 3.05) is 19.6 Å². The number of rotatable bonds is 4. The Morgan fingerprint density at radius 3 is 2.77 bits per heavy atom. The van der Waals surface area contributed by atoms with Crippen LogP contribution in [0.25, 0.3) is 21.3 Å². The Morgan fingerprint density at radius 2 is 2.00 bits per heavy atom. The van der Waals surface area contributed by atoms with Gasteiger partial charge >= 0.3 is 0 Å². The molecular weight excluding hydrogens is 482 g/mol. The summed E-state index contributed by atoms with van der Waals surface area (Å²) >= 11 is 8.21. The number of carbonyl (C=O) groups excluding carboxylic acids is 2. The number of pyridine rings is 1. The highest BCUT2D eigenvalue weighted by Crippen LogP contribution is 2.45. The van der Waals surface area contributed by atoms with Crippen molar-refractivity contribution >= 4 is 45.0 Å². The average molecular weight is 510 g/mol. The van der Waals surface area contributed by atoms with Crippen molar-refractivity contribution < 1.29 is 14.3 Å². The number of hydrogen-bond acceptors (Lipinski definition) is 5. The molecule has 2 fully saturated rings. The van der Waals surface area contributed by atoms with Gasteiger partial charge in [0.15, 0.2) is 6.10 Å². The largest absolute Gasteiger partial charge is 0.479 e. The van der Waals surface area contributed by atoms with E-state index in [1.807, 2.05) is 28.0 Å². The van der Waals surface area contributed by atoms with E-state index in [1.54, 1.807) is 17.5 Å². The molecule has 0 saturated carbocycles. The smallest absolute Gasteiger partial charge is 0.263 e. The lowest BCUT2D eigenvalue weighted by Gasteiger charge is -2.28. The zero-order chi connectivity index (χ0) is 24.1. The van der Waals surface area contributed by atoms with Gasteiger partial charge in [-0.1, -0.05) is 18.5 Å². The van der Waals surface area contributed by atoms with Crippen LogP contribution in [0.4, 0.5) is 0 Å². The van der Waals surface area contributed by atoms with Crippen LogP contribution in [0.3, 0.4) is 0 Å². The minimum absolute atomic E-state index is 0.0748. The van der Waals surface area contributed by atoms with Crippen molar-refractivity contribution in [1.29, 1.82) is 0 Å². The second kappa shape index (κ2) is 9.10. The quantitative estimate of drug-likeness (QED) is 0.478. The number of carbonyl (C=O) groups is 2. The van der Waals surface area contributed by atoms with Crippen LogP contribution in [-0.4, -0.2) is 52.3 Å². The highest BCUT2D eigenvalue weighted by atomic mass is 35.5. The molecule has 2 amide bonds. The normalized spacial score (nSPS) is 22.1. The Labute approximate surface area is 213 Å². The van der Waals surface area contributed by atoms with E-state index in [1.165, 1.54) is 6.42 Å². The Kier molecular flexibility index (Phi) is 5.93. The number of likely N-dealkylation sites (tertiary alicyclic amines) is 2. The van der Waals surface area contributed by atoms with Gasteiger partial charge in [-0.2, -0.15) is 0 Å². The SMILES string of the molecule is CC1CC(=O)N(Cc2cc3nccc(-c4cc(Cl)cc5c4OC(C(=O)N4CCCCC4)C5)c3s2)C1. The van der Waals surface area contributed by atoms with Crippen LogP contribution in [0.1, 0.15) is 43.0 Å². The molecule has 35 heavy (non-hydrogen) atoms. The number of aromatic nitrogens is 1. The third-order valence-corrected chi connectivity index (χ3v) is 8.61. The molecule has 8 heteroatoms. The third-order valence-electron chi connectivity index (χ3n) is 7.25. The maximum Gasteiger partial charge on any atom is 0.263 e. The number of ether oxygens (including phenoxy) is 1. The van der Waals surface area contributed by atoms with Gasteiger partial charge in [0.25, 0.3) is 5.91 Å². The summed E-state index contributed by atoms with van der Waals surface area (Å²) in [6, 6.07) is 7.91. The van der Waals surface area contributed by atoms with Crippen LogP contribution in [0, 0.1) is 5.92 Å². The zero-order valence-electron chi connectivity index (χ0n) is 19.8. The van der Waals surface area contributed by atoms with E-state index in [4.69, 9.17) is 16.3 Å². The zero-order valence-corrected chi connectivity index (χ0v) is 21.3. The summed E-state index contributed by atoms with van der Waals surface area (Å²) < 4.78 is 7.38. The minimum Gasteiger partial charge on any atom is -0.479 e. The third kappa shape index (κ3) is 4.29. The summed E-state index contributed by atoms with van der Waals surface area (Å²) in [7, 11) is 0. The summed E-state index contributed by atoms with van der Waals surface area (Å²) in [6.07, 6.45) is 5.76. The van der Waals surface area contributed by atoms with Crippen LogP contribution in [0.5, 0.6) is 5.75 Å². The molecule has 0 bridgehead atoms. The molecule has 5 heterocycles. The first kappa shape index (κ1) is 22.8. The van der Waals surface area contributed by atoms with Crippen LogP contribution in [-0.2, 0) is 22.6 Å². The molecule has 2 aromatic heterocycles. The molecule has 0 aliphatic carbocycles. The molecule has 182 valence electrons. The van der Waals surface area contributed by atoms with E-state index in [0.717, 1.165) is 70.0 Å². The first-order valence-corrected chi connectivity index (χ1v) is 13.6. The van der Waals surface area contributed by atoms with Crippen LogP contribution in [0.15, 0.2) is 30.5 Å². The maximum atomic E-state index is 13.2. The number of amides is 2. The lowest BCUT2D eigenvalue weighted by Crippen LogP contribution is -2.43. The second-order valence-electron chi connectivity index (χ2n) is 10.0. The number of thiophene rings is 1. The van der Waals surface area contributed by atoms with Crippen LogP contribution in [0.2, 0.25) is 5.02 Å². The fourth-order valence-electron chi connectivity index (χ4n) is 5.57. The van der Waals surface area contributed by atoms with Crippen molar-refractivity contribution in [3.05, 3.63) is 45.9 Å². The predicted molar refractivity (Wildman–Crippen MR) is 138 cm³/mol. The summed E-state index contributed by atoms with van der Waals surface area (Å²) in [6.45, 7) is 5.15. The Morgan fingerprint density at radius 1 is 1.17 bits per heavy atom. The predicted octanol–water partition coefficient (Wildman–Crippen LogP) is 5.30. The molecule has 6 rings (SSSR count). The molecule has 6 nitrogen and oxygen atoms in total. The Hall–Kier alpha value is -2.64. The van der Waals surface area contributed by atoms with Gasteiger partial charge in [-0.3, -0.25) is 14.6 Å². The Balaban J connectivity index is 1.32.